The number of hydrazone groups is 1. The first kappa shape index (κ1) is 18.7. The Balaban J connectivity index is 1.53. The zero-order chi connectivity index (χ0) is 21.2. The lowest BCUT2D eigenvalue weighted by atomic mass is 10.0. The van der Waals surface area contributed by atoms with Crippen LogP contribution in [-0.4, -0.2) is 40.6 Å². The molecule has 0 aliphatic rings. The monoisotopic (exact) mass is 410 g/mol. The van der Waals surface area contributed by atoms with Crippen LogP contribution in [0.15, 0.2) is 65.9 Å². The molecule has 0 spiro atoms. The first-order valence-corrected chi connectivity index (χ1v) is 9.59. The number of nitrogens with one attached hydrogen (secondary N) is 1. The second-order valence-corrected chi connectivity index (χ2v) is 6.76. The topological polar surface area (TPSA) is 94.4 Å². The van der Waals surface area contributed by atoms with Gasteiger partial charge in [0.05, 0.1) is 26.0 Å². The smallest absolute Gasteiger partial charge is 0.263 e. The molecule has 0 fully saturated rings. The minimum absolute atomic E-state index is 0.296. The Bertz CT molecular complexity index is 1420. The third-order valence-corrected chi connectivity index (χ3v) is 4.97. The molecule has 0 saturated carbocycles. The molecule has 0 unspecified atom stereocenters. The molecule has 152 valence electrons. The number of ether oxygens (including phenoxy) is 2. The van der Waals surface area contributed by atoms with Crippen LogP contribution in [0.3, 0.4) is 0 Å². The van der Waals surface area contributed by atoms with Crippen molar-refractivity contribution in [1.29, 1.82) is 0 Å². The number of anilines is 1. The lowest BCUT2D eigenvalue weighted by molar-refractivity contribution is 0.355. The molecule has 0 aliphatic heterocycles. The van der Waals surface area contributed by atoms with E-state index in [4.69, 9.17) is 9.47 Å². The Labute approximate surface area is 177 Å². The predicted octanol–water partition coefficient (Wildman–Crippen LogP) is 4.19. The molecule has 0 radical (unpaired) electrons. The van der Waals surface area contributed by atoms with E-state index in [1.165, 1.54) is 0 Å². The van der Waals surface area contributed by atoms with Crippen molar-refractivity contribution in [3.05, 3.63) is 66.4 Å². The number of pyridine rings is 1. The van der Waals surface area contributed by atoms with Gasteiger partial charge in [0.2, 0.25) is 0 Å². The second kappa shape index (κ2) is 7.83. The summed E-state index contributed by atoms with van der Waals surface area (Å²) in [6, 6.07) is 17.4. The number of aromatic nitrogens is 4. The van der Waals surface area contributed by atoms with Gasteiger partial charge in [-0.3, -0.25) is 4.98 Å². The summed E-state index contributed by atoms with van der Waals surface area (Å²) in [7, 11) is 3.19. The fourth-order valence-corrected chi connectivity index (χ4v) is 3.55. The SMILES string of the molecule is COc1ccc(/C=N/Nc2nnc3c4ccccc4c4ncccc4c3n2)cc1OC. The Kier molecular flexibility index (Phi) is 4.72. The molecular weight excluding hydrogens is 392 g/mol. The molecule has 0 atom stereocenters. The van der Waals surface area contributed by atoms with Crippen molar-refractivity contribution in [3.63, 3.8) is 0 Å². The van der Waals surface area contributed by atoms with Crippen LogP contribution in [-0.2, 0) is 0 Å². The van der Waals surface area contributed by atoms with Gasteiger partial charge in [0.15, 0.2) is 11.5 Å². The number of methoxy groups -OCH3 is 2. The average molecular weight is 410 g/mol. The van der Waals surface area contributed by atoms with E-state index in [0.29, 0.717) is 17.4 Å². The maximum absolute atomic E-state index is 5.32. The summed E-state index contributed by atoms with van der Waals surface area (Å²) < 4.78 is 10.6. The zero-order valence-corrected chi connectivity index (χ0v) is 16.9. The van der Waals surface area contributed by atoms with Gasteiger partial charge in [-0.25, -0.2) is 10.4 Å². The summed E-state index contributed by atoms with van der Waals surface area (Å²) in [4.78, 5) is 9.22. The van der Waals surface area contributed by atoms with E-state index >= 15 is 0 Å². The molecule has 5 rings (SSSR count). The van der Waals surface area contributed by atoms with E-state index in [1.54, 1.807) is 26.6 Å². The van der Waals surface area contributed by atoms with Gasteiger partial charge in [-0.15, -0.1) is 10.2 Å². The highest BCUT2D eigenvalue weighted by molar-refractivity contribution is 6.21. The summed E-state index contributed by atoms with van der Waals surface area (Å²) in [6.45, 7) is 0. The number of nitrogens with zero attached hydrogens (tertiary/aromatic N) is 5. The second-order valence-electron chi connectivity index (χ2n) is 6.76. The van der Waals surface area contributed by atoms with E-state index in [2.05, 4.69) is 30.7 Å². The van der Waals surface area contributed by atoms with E-state index in [0.717, 1.165) is 38.3 Å². The van der Waals surface area contributed by atoms with Crippen LogP contribution in [0.25, 0.3) is 32.7 Å². The molecule has 3 aromatic carbocycles. The third-order valence-electron chi connectivity index (χ3n) is 4.97. The van der Waals surface area contributed by atoms with Crippen LogP contribution in [0.1, 0.15) is 5.56 Å². The summed E-state index contributed by atoms with van der Waals surface area (Å²) >= 11 is 0. The van der Waals surface area contributed by atoms with Crippen molar-refractivity contribution in [2.24, 2.45) is 5.10 Å². The Hall–Kier alpha value is -4.33. The van der Waals surface area contributed by atoms with Crippen LogP contribution in [0, 0.1) is 0 Å². The van der Waals surface area contributed by atoms with Crippen LogP contribution in [0.5, 0.6) is 11.5 Å². The molecule has 1 N–H and O–H groups in total. The molecular formula is C23H18N6O2. The molecule has 0 aliphatic carbocycles. The molecule has 8 heteroatoms. The maximum atomic E-state index is 5.32. The van der Waals surface area contributed by atoms with Crippen LogP contribution in [0.4, 0.5) is 5.95 Å². The number of hydrogen-bond donors (Lipinski definition) is 1. The van der Waals surface area contributed by atoms with Crippen LogP contribution < -0.4 is 14.9 Å². The van der Waals surface area contributed by atoms with Gasteiger partial charge in [0.1, 0.15) is 11.0 Å². The van der Waals surface area contributed by atoms with E-state index in [-0.39, 0.29) is 0 Å². The van der Waals surface area contributed by atoms with Gasteiger partial charge in [-0.1, -0.05) is 24.3 Å². The van der Waals surface area contributed by atoms with Gasteiger partial charge < -0.3 is 9.47 Å². The van der Waals surface area contributed by atoms with Crippen molar-refractivity contribution >= 4 is 44.9 Å². The molecule has 0 amide bonds. The molecule has 8 nitrogen and oxygen atoms in total. The van der Waals surface area contributed by atoms with Gasteiger partial charge >= 0.3 is 0 Å². The molecule has 0 saturated heterocycles. The molecule has 2 heterocycles. The van der Waals surface area contributed by atoms with Crippen LogP contribution in [0.2, 0.25) is 0 Å². The van der Waals surface area contributed by atoms with Crippen molar-refractivity contribution < 1.29 is 9.47 Å². The maximum Gasteiger partial charge on any atom is 0.263 e. The Morgan fingerprint density at radius 3 is 2.39 bits per heavy atom. The minimum Gasteiger partial charge on any atom is -0.493 e. The summed E-state index contributed by atoms with van der Waals surface area (Å²) in [5.41, 5.74) is 6.02. The minimum atomic E-state index is 0.296. The number of benzene rings is 3. The molecule has 31 heavy (non-hydrogen) atoms. The van der Waals surface area contributed by atoms with Gasteiger partial charge in [0.25, 0.3) is 5.95 Å². The van der Waals surface area contributed by atoms with Crippen molar-refractivity contribution in [2.45, 2.75) is 0 Å². The van der Waals surface area contributed by atoms with Crippen molar-refractivity contribution in [3.8, 4) is 11.5 Å². The summed E-state index contributed by atoms with van der Waals surface area (Å²) in [6.07, 6.45) is 3.43. The van der Waals surface area contributed by atoms with Gasteiger partial charge in [-0.05, 0) is 35.9 Å². The van der Waals surface area contributed by atoms with Gasteiger partial charge in [-0.2, -0.15) is 5.10 Å². The van der Waals surface area contributed by atoms with E-state index in [1.807, 2.05) is 54.6 Å². The fourth-order valence-electron chi connectivity index (χ4n) is 3.55. The van der Waals surface area contributed by atoms with E-state index in [9.17, 15) is 0 Å². The van der Waals surface area contributed by atoms with Gasteiger partial charge in [0, 0.05) is 22.4 Å². The van der Waals surface area contributed by atoms with E-state index < -0.39 is 0 Å². The van der Waals surface area contributed by atoms with Crippen molar-refractivity contribution in [2.75, 3.05) is 19.6 Å². The normalized spacial score (nSPS) is 11.4. The highest BCUT2D eigenvalue weighted by Gasteiger charge is 2.12. The number of rotatable bonds is 5. The number of fused-ring (bicyclic) bond motifs is 6. The Morgan fingerprint density at radius 1 is 0.806 bits per heavy atom. The first-order valence-electron chi connectivity index (χ1n) is 9.59. The predicted molar refractivity (Wildman–Crippen MR) is 121 cm³/mol. The Morgan fingerprint density at radius 2 is 1.58 bits per heavy atom. The average Bonchev–Trinajstić information content (AvgIpc) is 2.84. The lowest BCUT2D eigenvalue weighted by Crippen LogP contribution is -2.01. The molecule has 0 bridgehead atoms. The zero-order valence-electron chi connectivity index (χ0n) is 16.9. The molecule has 2 aromatic heterocycles. The molecule has 5 aromatic rings. The third kappa shape index (κ3) is 3.33. The highest BCUT2D eigenvalue weighted by Crippen LogP contribution is 2.31. The summed E-state index contributed by atoms with van der Waals surface area (Å²) in [5.74, 6) is 1.58. The van der Waals surface area contributed by atoms with Crippen molar-refractivity contribution in [1.82, 2.24) is 20.2 Å². The summed E-state index contributed by atoms with van der Waals surface area (Å²) in [5, 5.41) is 15.8. The number of hydrogen-bond acceptors (Lipinski definition) is 8. The van der Waals surface area contributed by atoms with Crippen LogP contribution >= 0.6 is 0 Å². The fraction of sp³-hybridized carbons (Fsp3) is 0.0870. The quantitative estimate of drug-likeness (QED) is 0.264. The lowest BCUT2D eigenvalue weighted by Gasteiger charge is -2.08. The standard InChI is InChI=1S/C23H18N6O2/c1-30-18-10-9-14(12-19(18)31-2)13-25-28-23-26-21-17-8-5-11-24-20(17)15-6-3-4-7-16(15)22(21)27-29-23/h3-13H,1-2H3,(H,26,28,29)/b25-13+. The largest absolute Gasteiger partial charge is 0.493 e. The first-order chi connectivity index (χ1) is 15.3. The highest BCUT2D eigenvalue weighted by atomic mass is 16.5.